The van der Waals surface area contributed by atoms with Crippen molar-refractivity contribution < 1.29 is 0 Å². The molecular weight excluding hydrogens is 765 g/mol. The molecule has 0 aliphatic heterocycles. The van der Waals surface area contributed by atoms with E-state index in [1.807, 2.05) is 24.3 Å². The summed E-state index contributed by atoms with van der Waals surface area (Å²) < 4.78 is 6.82. The summed E-state index contributed by atoms with van der Waals surface area (Å²) in [7, 11) is 0. The van der Waals surface area contributed by atoms with E-state index in [2.05, 4.69) is 191 Å². The van der Waals surface area contributed by atoms with Gasteiger partial charge in [-0.3, -0.25) is 8.80 Å². The topological polar surface area (TPSA) is 60.4 Å². The Balaban J connectivity index is 1.05. The lowest BCUT2D eigenvalue weighted by molar-refractivity contribution is 1.18. The fraction of sp³-hybridized carbons (Fsp3) is 0. The van der Waals surface area contributed by atoms with Gasteiger partial charge in [0, 0.05) is 71.5 Å². The Morgan fingerprint density at radius 2 is 0.820 bits per heavy atom. The summed E-state index contributed by atoms with van der Waals surface area (Å²) in [6.45, 7) is 0. The number of fused-ring (bicyclic) bond motifs is 5. The number of pyridine rings is 2. The molecule has 0 spiro atoms. The highest BCUT2D eigenvalue weighted by atomic mass is 32.1. The smallest absolute Gasteiger partial charge is 0.160 e. The third-order valence-corrected chi connectivity index (χ3v) is 12.5. The molecule has 6 heterocycles. The zero-order valence-electron chi connectivity index (χ0n) is 32.7. The van der Waals surface area contributed by atoms with Crippen LogP contribution in [-0.2, 0) is 0 Å². The maximum Gasteiger partial charge on any atom is 0.160 e. The molecule has 12 aromatic rings. The van der Waals surface area contributed by atoms with Crippen molar-refractivity contribution in [2.45, 2.75) is 0 Å². The minimum Gasteiger partial charge on any atom is -0.299 e. The van der Waals surface area contributed by atoms with E-state index in [0.717, 1.165) is 84.4 Å². The first-order chi connectivity index (χ1) is 30.2. The molecule has 0 N–H and O–H groups in total. The molecule has 0 atom stereocenters. The van der Waals surface area contributed by atoms with Gasteiger partial charge >= 0.3 is 0 Å². The molecule has 6 aromatic carbocycles. The average molecular weight is 799 g/mol. The van der Waals surface area contributed by atoms with E-state index in [1.54, 1.807) is 11.3 Å². The van der Waals surface area contributed by atoms with E-state index in [4.69, 9.17) is 19.9 Å². The van der Waals surface area contributed by atoms with Crippen molar-refractivity contribution in [2.75, 3.05) is 0 Å². The Labute approximate surface area is 355 Å². The summed E-state index contributed by atoms with van der Waals surface area (Å²) >= 11 is 1.80. The lowest BCUT2D eigenvalue weighted by Crippen LogP contribution is -1.97. The molecule has 286 valence electrons. The lowest BCUT2D eigenvalue weighted by atomic mass is 9.99. The number of hydrogen-bond acceptors (Lipinski definition) is 5. The van der Waals surface area contributed by atoms with Crippen molar-refractivity contribution in [1.82, 2.24) is 28.7 Å². The zero-order chi connectivity index (χ0) is 40.3. The van der Waals surface area contributed by atoms with Crippen LogP contribution >= 0.6 is 11.3 Å². The van der Waals surface area contributed by atoms with Crippen LogP contribution in [0.3, 0.4) is 0 Å². The number of aromatic nitrogens is 6. The van der Waals surface area contributed by atoms with Crippen LogP contribution in [0, 0.1) is 0 Å². The van der Waals surface area contributed by atoms with E-state index in [9.17, 15) is 0 Å². The summed E-state index contributed by atoms with van der Waals surface area (Å²) in [6, 6.07) is 67.7. The first kappa shape index (κ1) is 35.0. The van der Waals surface area contributed by atoms with Crippen molar-refractivity contribution in [3.63, 3.8) is 0 Å². The normalized spacial score (nSPS) is 11.6. The van der Waals surface area contributed by atoms with Gasteiger partial charge in [0.1, 0.15) is 11.3 Å². The number of benzene rings is 6. The Morgan fingerprint density at radius 3 is 1.41 bits per heavy atom. The molecule has 6 nitrogen and oxygen atoms in total. The van der Waals surface area contributed by atoms with Crippen molar-refractivity contribution >= 4 is 42.8 Å². The predicted molar refractivity (Wildman–Crippen MR) is 250 cm³/mol. The molecule has 0 saturated carbocycles. The molecule has 0 aliphatic rings. The van der Waals surface area contributed by atoms with Crippen LogP contribution in [-0.4, -0.2) is 28.7 Å². The van der Waals surface area contributed by atoms with Crippen LogP contribution in [0.4, 0.5) is 0 Å². The predicted octanol–water partition coefficient (Wildman–Crippen LogP) is 13.8. The van der Waals surface area contributed by atoms with Gasteiger partial charge in [-0.15, -0.1) is 11.3 Å². The summed E-state index contributed by atoms with van der Waals surface area (Å²) in [4.78, 5) is 20.9. The van der Waals surface area contributed by atoms with E-state index < -0.39 is 0 Å². The molecule has 0 unspecified atom stereocenters. The number of thiophene rings is 1. The molecule has 12 rings (SSSR count). The molecule has 0 aliphatic carbocycles. The van der Waals surface area contributed by atoms with Gasteiger partial charge in [0.05, 0.1) is 34.2 Å². The summed E-state index contributed by atoms with van der Waals surface area (Å²) in [5.41, 5.74) is 14.5. The molecule has 0 bridgehead atoms. The molecule has 0 amide bonds. The summed E-state index contributed by atoms with van der Waals surface area (Å²) in [5.74, 6) is 0.669. The third-order valence-electron chi connectivity index (χ3n) is 11.4. The highest BCUT2D eigenvalue weighted by Gasteiger charge is 2.20. The van der Waals surface area contributed by atoms with Gasteiger partial charge in [-0.2, -0.15) is 0 Å². The highest BCUT2D eigenvalue weighted by Crippen LogP contribution is 2.40. The third kappa shape index (κ3) is 6.10. The number of hydrogen-bond donors (Lipinski definition) is 0. The highest BCUT2D eigenvalue weighted by molar-refractivity contribution is 7.25. The fourth-order valence-corrected chi connectivity index (χ4v) is 9.67. The second-order valence-electron chi connectivity index (χ2n) is 15.1. The minimum absolute atomic E-state index is 0.669. The van der Waals surface area contributed by atoms with Crippen LogP contribution in [0.15, 0.2) is 207 Å². The van der Waals surface area contributed by atoms with Gasteiger partial charge in [-0.1, -0.05) is 140 Å². The van der Waals surface area contributed by atoms with E-state index in [1.165, 1.54) is 20.2 Å². The number of imidazole rings is 2. The standard InChI is InChI=1S/C54H34N6S/c1-3-15-35(16-4-1)50-52(59-29-11-9-25-48(59)57-50)39-21-13-19-37(31-39)44-34-45(56-54(55-44)41-27-28-43-42-23-7-8-24-46(42)61-47(43)33-41)38-20-14-22-40(32-38)53-51(36-17-5-2-6-18-36)58-49-26-10-12-30-60(49)53/h1-34H. The first-order valence-electron chi connectivity index (χ1n) is 20.3. The zero-order valence-corrected chi connectivity index (χ0v) is 33.5. The number of rotatable bonds is 7. The Hall–Kier alpha value is -8.00. The Morgan fingerprint density at radius 1 is 0.328 bits per heavy atom. The van der Waals surface area contributed by atoms with Crippen LogP contribution in [0.5, 0.6) is 0 Å². The van der Waals surface area contributed by atoms with Crippen molar-refractivity contribution in [3.05, 3.63) is 207 Å². The maximum atomic E-state index is 5.35. The fourth-order valence-electron chi connectivity index (χ4n) is 8.53. The SMILES string of the molecule is c1ccc(-c2nc3ccccn3c2-c2cccc(-c3cc(-c4cccc(-c5c(-c6ccccc6)nc6ccccn56)c4)nc(-c4ccc5c(c4)sc4ccccc45)n3)c2)cc1. The van der Waals surface area contributed by atoms with Gasteiger partial charge in [-0.25, -0.2) is 19.9 Å². The van der Waals surface area contributed by atoms with Crippen LogP contribution in [0.25, 0.3) is 110 Å². The monoisotopic (exact) mass is 798 g/mol. The Bertz CT molecular complexity index is 3420. The molecule has 0 radical (unpaired) electrons. The first-order valence-corrected chi connectivity index (χ1v) is 21.1. The van der Waals surface area contributed by atoms with Gasteiger partial charge in [-0.05, 0) is 54.6 Å². The number of nitrogens with zero attached hydrogens (tertiary/aromatic N) is 6. The van der Waals surface area contributed by atoms with Crippen LogP contribution < -0.4 is 0 Å². The van der Waals surface area contributed by atoms with Gasteiger partial charge in [0.25, 0.3) is 0 Å². The van der Waals surface area contributed by atoms with E-state index in [-0.39, 0.29) is 0 Å². The second-order valence-corrected chi connectivity index (χ2v) is 16.2. The largest absolute Gasteiger partial charge is 0.299 e. The van der Waals surface area contributed by atoms with Gasteiger partial charge in [0.2, 0.25) is 0 Å². The minimum atomic E-state index is 0.669. The summed E-state index contributed by atoms with van der Waals surface area (Å²) in [5, 5.41) is 2.51. The molecule has 7 heteroatoms. The maximum absolute atomic E-state index is 5.35. The lowest BCUT2D eigenvalue weighted by Gasteiger charge is -2.12. The van der Waals surface area contributed by atoms with Crippen molar-refractivity contribution in [3.8, 4) is 78.9 Å². The van der Waals surface area contributed by atoms with Gasteiger partial charge < -0.3 is 0 Å². The molecule has 6 aromatic heterocycles. The molecule has 61 heavy (non-hydrogen) atoms. The van der Waals surface area contributed by atoms with Gasteiger partial charge in [0.15, 0.2) is 5.82 Å². The molecular formula is C54H34N6S. The van der Waals surface area contributed by atoms with Crippen molar-refractivity contribution in [1.29, 1.82) is 0 Å². The summed E-state index contributed by atoms with van der Waals surface area (Å²) in [6.07, 6.45) is 4.17. The second kappa shape index (κ2) is 14.4. The quantitative estimate of drug-likeness (QED) is 0.161. The molecule has 0 fully saturated rings. The van der Waals surface area contributed by atoms with E-state index in [0.29, 0.717) is 5.82 Å². The van der Waals surface area contributed by atoms with E-state index >= 15 is 0 Å². The molecule has 0 saturated heterocycles. The average Bonchev–Trinajstić information content (AvgIpc) is 4.04. The Kier molecular flexibility index (Phi) is 8.25. The van der Waals surface area contributed by atoms with Crippen molar-refractivity contribution in [2.24, 2.45) is 0 Å². The van der Waals surface area contributed by atoms with Crippen LogP contribution in [0.1, 0.15) is 0 Å². The van der Waals surface area contributed by atoms with Crippen LogP contribution in [0.2, 0.25) is 0 Å².